The van der Waals surface area contributed by atoms with Gasteiger partial charge in [0, 0.05) is 16.9 Å². The lowest BCUT2D eigenvalue weighted by atomic mass is 10.1. The number of nitrogens with two attached hydrogens (primary N) is 1. The average molecular weight is 461 g/mol. The molecule has 0 aliphatic heterocycles. The molecule has 9 nitrogen and oxygen atoms in total. The van der Waals surface area contributed by atoms with Crippen LogP contribution in [-0.2, 0) is 4.74 Å². The highest BCUT2D eigenvalue weighted by molar-refractivity contribution is 5.73. The van der Waals surface area contributed by atoms with Crippen LogP contribution in [0.25, 0.3) is 0 Å². The highest BCUT2D eigenvalue weighted by atomic mass is 16.5. The van der Waals surface area contributed by atoms with Gasteiger partial charge in [-0.3, -0.25) is 4.98 Å². The number of nitrogens with zero attached hydrogens (tertiary/aromatic N) is 3. The number of ether oxygens (including phenoxy) is 2. The first-order valence-electron chi connectivity index (χ1n) is 10.6. The van der Waals surface area contributed by atoms with E-state index in [4.69, 9.17) is 15.2 Å². The van der Waals surface area contributed by atoms with Gasteiger partial charge < -0.3 is 25.8 Å². The van der Waals surface area contributed by atoms with E-state index in [0.29, 0.717) is 23.0 Å². The van der Waals surface area contributed by atoms with E-state index in [9.17, 15) is 4.79 Å². The SMILES string of the molecule is Cc1ccc(Oc2ccc(Nc3ncnc(C#CCOC(=O)NC(C)(C)C)c3N)cc2C)cn1. The van der Waals surface area contributed by atoms with Gasteiger partial charge in [-0.1, -0.05) is 5.92 Å². The summed E-state index contributed by atoms with van der Waals surface area (Å²) >= 11 is 0. The van der Waals surface area contributed by atoms with Crippen LogP contribution in [0.15, 0.2) is 42.9 Å². The van der Waals surface area contributed by atoms with Crippen LogP contribution in [0.2, 0.25) is 0 Å². The van der Waals surface area contributed by atoms with Crippen molar-refractivity contribution in [3.63, 3.8) is 0 Å². The predicted molar refractivity (Wildman–Crippen MR) is 131 cm³/mol. The first-order valence-corrected chi connectivity index (χ1v) is 10.6. The maximum atomic E-state index is 11.7. The van der Waals surface area contributed by atoms with Crippen molar-refractivity contribution in [3.05, 3.63) is 59.8 Å². The number of alkyl carbamates (subject to hydrolysis) is 1. The van der Waals surface area contributed by atoms with Gasteiger partial charge in [-0.05, 0) is 76.4 Å². The molecule has 9 heteroatoms. The largest absolute Gasteiger partial charge is 0.455 e. The molecule has 1 amide bonds. The molecule has 4 N–H and O–H groups in total. The molecule has 0 bridgehead atoms. The Hall–Kier alpha value is -4.32. The van der Waals surface area contributed by atoms with Crippen LogP contribution in [0.3, 0.4) is 0 Å². The third-order valence-electron chi connectivity index (χ3n) is 4.39. The Morgan fingerprint density at radius 2 is 1.91 bits per heavy atom. The first kappa shape index (κ1) is 24.3. The molecule has 0 radical (unpaired) electrons. The Morgan fingerprint density at radius 1 is 1.12 bits per heavy atom. The van der Waals surface area contributed by atoms with Crippen LogP contribution in [0.1, 0.15) is 37.7 Å². The Kier molecular flexibility index (Phi) is 7.53. The number of carbonyl (C=O) groups excluding carboxylic acids is 1. The minimum absolute atomic E-state index is 0.0920. The lowest BCUT2D eigenvalue weighted by molar-refractivity contribution is 0.151. The summed E-state index contributed by atoms with van der Waals surface area (Å²) in [6.07, 6.45) is 2.51. The number of anilines is 3. The lowest BCUT2D eigenvalue weighted by Gasteiger charge is -2.19. The van der Waals surface area contributed by atoms with Gasteiger partial charge in [0.05, 0.1) is 6.20 Å². The van der Waals surface area contributed by atoms with Crippen LogP contribution in [0.4, 0.5) is 22.0 Å². The number of nitrogen functional groups attached to an aromatic ring is 1. The topological polar surface area (TPSA) is 124 Å². The van der Waals surface area contributed by atoms with Gasteiger partial charge in [0.1, 0.15) is 29.2 Å². The van der Waals surface area contributed by atoms with Crippen molar-refractivity contribution in [3.8, 4) is 23.3 Å². The monoisotopic (exact) mass is 460 g/mol. The van der Waals surface area contributed by atoms with E-state index < -0.39 is 6.09 Å². The van der Waals surface area contributed by atoms with Gasteiger partial charge in [0.15, 0.2) is 12.4 Å². The Labute approximate surface area is 199 Å². The summed E-state index contributed by atoms with van der Waals surface area (Å²) in [7, 11) is 0. The van der Waals surface area contributed by atoms with Crippen molar-refractivity contribution in [2.24, 2.45) is 0 Å². The van der Waals surface area contributed by atoms with Crippen LogP contribution >= 0.6 is 0 Å². The minimum Gasteiger partial charge on any atom is -0.455 e. The van der Waals surface area contributed by atoms with E-state index in [1.807, 2.05) is 65.0 Å². The zero-order valence-corrected chi connectivity index (χ0v) is 19.9. The third kappa shape index (κ3) is 7.10. The molecule has 0 saturated heterocycles. The van der Waals surface area contributed by atoms with Gasteiger partial charge in [-0.15, -0.1) is 0 Å². The Bertz CT molecular complexity index is 1220. The van der Waals surface area contributed by atoms with Crippen molar-refractivity contribution in [2.75, 3.05) is 17.7 Å². The van der Waals surface area contributed by atoms with Crippen molar-refractivity contribution in [1.82, 2.24) is 20.3 Å². The number of aromatic nitrogens is 3. The van der Waals surface area contributed by atoms with Crippen molar-refractivity contribution in [2.45, 2.75) is 40.2 Å². The first-order chi connectivity index (χ1) is 16.1. The summed E-state index contributed by atoms with van der Waals surface area (Å²) in [6, 6.07) is 9.41. The second kappa shape index (κ2) is 10.5. The fraction of sp³-hybridized carbons (Fsp3) is 0.280. The number of aryl methyl sites for hydroxylation is 2. The zero-order chi connectivity index (χ0) is 24.7. The standard InChI is InChI=1S/C25H28N6O3/c1-16-13-18(9-11-21(16)34-19-10-8-17(2)27-14-19)30-23-22(26)20(28-15-29-23)7-6-12-33-24(32)31-25(3,4)5/h8-11,13-15H,12,26H2,1-5H3,(H,31,32)(H,28,29,30). The number of hydrogen-bond donors (Lipinski definition) is 3. The van der Waals surface area contributed by atoms with Crippen LogP contribution in [0.5, 0.6) is 11.5 Å². The van der Waals surface area contributed by atoms with Crippen molar-refractivity contribution < 1.29 is 14.3 Å². The zero-order valence-electron chi connectivity index (χ0n) is 19.9. The molecule has 34 heavy (non-hydrogen) atoms. The summed E-state index contributed by atoms with van der Waals surface area (Å²) in [4.78, 5) is 24.2. The van der Waals surface area contributed by atoms with Crippen LogP contribution in [0, 0.1) is 25.7 Å². The molecule has 0 aliphatic rings. The molecule has 0 saturated carbocycles. The molecule has 0 fully saturated rings. The van der Waals surface area contributed by atoms with Crippen molar-refractivity contribution in [1.29, 1.82) is 0 Å². The van der Waals surface area contributed by atoms with Crippen LogP contribution < -0.4 is 21.1 Å². The Balaban J connectivity index is 1.65. The fourth-order valence-electron chi connectivity index (χ4n) is 2.78. The molecule has 0 atom stereocenters. The average Bonchev–Trinajstić information content (AvgIpc) is 2.76. The number of rotatable bonds is 5. The van der Waals surface area contributed by atoms with E-state index in [1.165, 1.54) is 6.33 Å². The molecule has 2 aromatic heterocycles. The minimum atomic E-state index is -0.541. The fourth-order valence-corrected chi connectivity index (χ4v) is 2.78. The van der Waals surface area contributed by atoms with Gasteiger partial charge in [-0.25, -0.2) is 14.8 Å². The van der Waals surface area contributed by atoms with Gasteiger partial charge in [0.2, 0.25) is 0 Å². The van der Waals surface area contributed by atoms with E-state index in [1.54, 1.807) is 6.20 Å². The highest BCUT2D eigenvalue weighted by Crippen LogP contribution is 2.29. The quantitative estimate of drug-likeness (QED) is 0.476. The van der Waals surface area contributed by atoms with E-state index >= 15 is 0 Å². The second-order valence-electron chi connectivity index (χ2n) is 8.58. The van der Waals surface area contributed by atoms with Gasteiger partial charge in [-0.2, -0.15) is 0 Å². The summed E-state index contributed by atoms with van der Waals surface area (Å²) < 4.78 is 11.0. The highest BCUT2D eigenvalue weighted by Gasteiger charge is 2.14. The molecular weight excluding hydrogens is 432 g/mol. The van der Waals surface area contributed by atoms with E-state index in [-0.39, 0.29) is 17.8 Å². The van der Waals surface area contributed by atoms with Crippen LogP contribution in [-0.4, -0.2) is 33.2 Å². The number of benzene rings is 1. The molecule has 3 aromatic rings. The predicted octanol–water partition coefficient (Wildman–Crippen LogP) is 4.48. The lowest BCUT2D eigenvalue weighted by Crippen LogP contribution is -2.40. The number of pyridine rings is 1. The third-order valence-corrected chi connectivity index (χ3v) is 4.39. The normalized spacial score (nSPS) is 10.6. The van der Waals surface area contributed by atoms with E-state index in [2.05, 4.69) is 37.4 Å². The molecular formula is C25H28N6O3. The molecule has 1 aromatic carbocycles. The molecule has 0 aliphatic carbocycles. The molecule has 0 spiro atoms. The second-order valence-corrected chi connectivity index (χ2v) is 8.58. The van der Waals surface area contributed by atoms with Crippen molar-refractivity contribution >= 4 is 23.3 Å². The van der Waals surface area contributed by atoms with Gasteiger partial charge in [0.25, 0.3) is 0 Å². The summed E-state index contributed by atoms with van der Waals surface area (Å²) in [5.41, 5.74) is 9.06. The molecule has 0 unspecified atom stereocenters. The number of hydrogen-bond acceptors (Lipinski definition) is 8. The smallest absolute Gasteiger partial charge is 0.408 e. The van der Waals surface area contributed by atoms with Gasteiger partial charge >= 0.3 is 6.09 Å². The number of amides is 1. The summed E-state index contributed by atoms with van der Waals surface area (Å²) in [5.74, 6) is 7.35. The maximum absolute atomic E-state index is 11.7. The molecule has 2 heterocycles. The summed E-state index contributed by atoms with van der Waals surface area (Å²) in [5, 5.41) is 5.87. The van der Waals surface area contributed by atoms with E-state index in [0.717, 1.165) is 16.9 Å². The molecule has 176 valence electrons. The molecule has 3 rings (SSSR count). The summed E-state index contributed by atoms with van der Waals surface area (Å²) in [6.45, 7) is 9.36. The Morgan fingerprint density at radius 3 is 2.59 bits per heavy atom. The number of nitrogens with one attached hydrogen (secondary N) is 2. The maximum Gasteiger partial charge on any atom is 0.408 e. The number of carbonyl (C=O) groups is 1.